The van der Waals surface area contributed by atoms with Crippen LogP contribution in [0.15, 0.2) is 17.5 Å². The number of thiophene rings is 1. The number of nitrogens with zero attached hydrogens (tertiary/aromatic N) is 1. The molecule has 2 heterocycles. The van der Waals surface area contributed by atoms with Crippen molar-refractivity contribution in [1.29, 1.82) is 0 Å². The Hall–Kier alpha value is -0.870. The number of hydrogen-bond donors (Lipinski definition) is 1. The van der Waals surface area contributed by atoms with Gasteiger partial charge in [-0.3, -0.25) is 4.79 Å². The monoisotopic (exact) mass is 334 g/mol. The van der Waals surface area contributed by atoms with Crippen LogP contribution < -0.4 is 5.32 Å². The van der Waals surface area contributed by atoms with Crippen LogP contribution in [-0.4, -0.2) is 30.9 Å². The van der Waals surface area contributed by atoms with Crippen LogP contribution in [0.25, 0.3) is 0 Å². The minimum Gasteiger partial charge on any atom is -0.342 e. The summed E-state index contributed by atoms with van der Waals surface area (Å²) >= 11 is 1.87. The zero-order chi connectivity index (χ0) is 16.5. The van der Waals surface area contributed by atoms with Gasteiger partial charge in [0.15, 0.2) is 0 Å². The molecule has 0 bridgehead atoms. The van der Waals surface area contributed by atoms with Gasteiger partial charge >= 0.3 is 0 Å². The van der Waals surface area contributed by atoms with Gasteiger partial charge < -0.3 is 10.2 Å². The molecule has 0 atom stereocenters. The molecule has 1 aromatic heterocycles. The van der Waals surface area contributed by atoms with E-state index in [9.17, 15) is 4.79 Å². The maximum Gasteiger partial charge on any atom is 0.222 e. The fourth-order valence-corrected chi connectivity index (χ4v) is 5.40. The molecule has 1 saturated heterocycles. The molecule has 3 nitrogen and oxygen atoms in total. The average molecular weight is 335 g/mol. The molecule has 3 rings (SSSR count). The predicted molar refractivity (Wildman–Crippen MR) is 96.6 cm³/mol. The van der Waals surface area contributed by atoms with E-state index in [-0.39, 0.29) is 5.54 Å². The summed E-state index contributed by atoms with van der Waals surface area (Å²) in [5.74, 6) is 0.821. The van der Waals surface area contributed by atoms with Gasteiger partial charge in [0.05, 0.1) is 5.54 Å². The van der Waals surface area contributed by atoms with E-state index in [2.05, 4.69) is 48.6 Å². The molecule has 1 aromatic rings. The van der Waals surface area contributed by atoms with E-state index >= 15 is 0 Å². The summed E-state index contributed by atoms with van der Waals surface area (Å²) in [6.45, 7) is 6.22. The van der Waals surface area contributed by atoms with E-state index in [1.165, 1.54) is 37.0 Å². The highest BCUT2D eigenvalue weighted by molar-refractivity contribution is 7.10. The van der Waals surface area contributed by atoms with Crippen molar-refractivity contribution in [3.8, 4) is 0 Å². The fourth-order valence-electron chi connectivity index (χ4n) is 4.41. The second-order valence-corrected chi connectivity index (χ2v) is 8.92. The second-order valence-electron chi connectivity index (χ2n) is 7.97. The van der Waals surface area contributed by atoms with Crippen LogP contribution in [0.3, 0.4) is 0 Å². The Morgan fingerprint density at radius 3 is 2.61 bits per heavy atom. The summed E-state index contributed by atoms with van der Waals surface area (Å²) in [6, 6.07) is 4.43. The molecule has 1 aliphatic carbocycles. The maximum atomic E-state index is 12.4. The number of nitrogens with one attached hydrogen (secondary N) is 1. The molecule has 4 heteroatoms. The maximum absolute atomic E-state index is 12.4. The lowest BCUT2D eigenvalue weighted by molar-refractivity contribution is -0.131. The van der Waals surface area contributed by atoms with E-state index in [4.69, 9.17) is 0 Å². The first kappa shape index (κ1) is 17.0. The van der Waals surface area contributed by atoms with E-state index in [0.717, 1.165) is 13.1 Å². The zero-order valence-corrected chi connectivity index (χ0v) is 15.5. The number of rotatable bonds is 4. The minimum absolute atomic E-state index is 0.161. The Kier molecular flexibility index (Phi) is 4.84. The third-order valence-electron chi connectivity index (χ3n) is 6.01. The molecule has 1 aliphatic heterocycles. The van der Waals surface area contributed by atoms with Gasteiger partial charge in [0.25, 0.3) is 0 Å². The van der Waals surface area contributed by atoms with E-state index in [1.54, 1.807) is 0 Å². The largest absolute Gasteiger partial charge is 0.342 e. The lowest BCUT2D eigenvalue weighted by atomic mass is 9.66. The van der Waals surface area contributed by atoms with Gasteiger partial charge in [0.1, 0.15) is 0 Å². The van der Waals surface area contributed by atoms with Crippen molar-refractivity contribution in [2.24, 2.45) is 11.3 Å². The number of carbonyl (C=O) groups is 1. The van der Waals surface area contributed by atoms with Crippen molar-refractivity contribution in [3.05, 3.63) is 22.4 Å². The van der Waals surface area contributed by atoms with Crippen LogP contribution in [0.4, 0.5) is 0 Å². The Balaban J connectivity index is 1.64. The van der Waals surface area contributed by atoms with Gasteiger partial charge in [-0.05, 0) is 61.9 Å². The number of hydrogen-bond acceptors (Lipinski definition) is 3. The zero-order valence-electron chi connectivity index (χ0n) is 14.7. The lowest BCUT2D eigenvalue weighted by Crippen LogP contribution is -2.46. The topological polar surface area (TPSA) is 32.3 Å². The summed E-state index contributed by atoms with van der Waals surface area (Å²) in [5.41, 5.74) is 0.541. The number of likely N-dealkylation sites (tertiary alicyclic amines) is 1. The molecule has 1 amide bonds. The Labute approximate surface area is 144 Å². The van der Waals surface area contributed by atoms with Crippen molar-refractivity contribution in [2.75, 3.05) is 20.1 Å². The highest BCUT2D eigenvalue weighted by atomic mass is 32.1. The molecular formula is C19H30N2OS. The molecule has 0 aromatic carbocycles. The summed E-state index contributed by atoms with van der Waals surface area (Å²) in [5, 5.41) is 5.80. The molecule has 2 aliphatic rings. The normalized spacial score (nSPS) is 31.2. The summed E-state index contributed by atoms with van der Waals surface area (Å²) in [6.07, 6.45) is 6.74. The molecule has 2 fully saturated rings. The number of carbonyl (C=O) groups excluding carboxylic acids is 1. The molecular weight excluding hydrogens is 304 g/mol. The first-order valence-corrected chi connectivity index (χ1v) is 9.87. The Bertz CT molecular complexity index is 530. The van der Waals surface area contributed by atoms with Crippen molar-refractivity contribution in [3.63, 3.8) is 0 Å². The third-order valence-corrected chi connectivity index (χ3v) is 7.08. The van der Waals surface area contributed by atoms with Crippen LogP contribution in [0.5, 0.6) is 0 Å². The molecule has 128 valence electrons. The third kappa shape index (κ3) is 3.34. The van der Waals surface area contributed by atoms with E-state index < -0.39 is 0 Å². The summed E-state index contributed by atoms with van der Waals surface area (Å²) < 4.78 is 0. The smallest absolute Gasteiger partial charge is 0.222 e. The summed E-state index contributed by atoms with van der Waals surface area (Å²) in [4.78, 5) is 16.0. The molecule has 1 spiro atoms. The second kappa shape index (κ2) is 6.56. The molecule has 1 saturated carbocycles. The fraction of sp³-hybridized carbons (Fsp3) is 0.737. The number of amides is 1. The van der Waals surface area contributed by atoms with Gasteiger partial charge in [-0.2, -0.15) is 0 Å². The molecule has 1 N–H and O–H groups in total. The first-order valence-electron chi connectivity index (χ1n) is 8.99. The van der Waals surface area contributed by atoms with Crippen LogP contribution >= 0.6 is 11.3 Å². The Morgan fingerprint density at radius 2 is 2.04 bits per heavy atom. The lowest BCUT2D eigenvalue weighted by Gasteiger charge is -2.44. The van der Waals surface area contributed by atoms with Crippen molar-refractivity contribution >= 4 is 17.2 Å². The van der Waals surface area contributed by atoms with Crippen LogP contribution in [0, 0.1) is 11.3 Å². The molecule has 0 unspecified atom stereocenters. The van der Waals surface area contributed by atoms with Gasteiger partial charge in [0.2, 0.25) is 5.91 Å². The minimum atomic E-state index is 0.161. The van der Waals surface area contributed by atoms with E-state index in [1.807, 2.05) is 11.3 Å². The SMILES string of the molecule is CNC1(c2cccs2)CCC2(CCN(C(=O)CC(C)C)C2)CC1. The van der Waals surface area contributed by atoms with Gasteiger partial charge in [-0.1, -0.05) is 19.9 Å². The van der Waals surface area contributed by atoms with Crippen LogP contribution in [0.1, 0.15) is 57.2 Å². The average Bonchev–Trinajstić information content (AvgIpc) is 3.19. The van der Waals surface area contributed by atoms with Gasteiger partial charge in [0, 0.05) is 24.4 Å². The quantitative estimate of drug-likeness (QED) is 0.902. The first-order chi connectivity index (χ1) is 11.0. The highest BCUT2D eigenvalue weighted by Gasteiger charge is 2.47. The van der Waals surface area contributed by atoms with Crippen molar-refractivity contribution in [2.45, 2.75) is 57.9 Å². The van der Waals surface area contributed by atoms with Crippen LogP contribution in [0.2, 0.25) is 0 Å². The van der Waals surface area contributed by atoms with Crippen LogP contribution in [-0.2, 0) is 10.3 Å². The Morgan fingerprint density at radius 1 is 1.30 bits per heavy atom. The van der Waals surface area contributed by atoms with Gasteiger partial charge in [-0.15, -0.1) is 11.3 Å². The predicted octanol–water partition coefficient (Wildman–Crippen LogP) is 4.00. The standard InChI is InChI=1S/C19H30N2OS/c1-15(2)13-17(22)21-11-10-18(14-21)6-8-19(20-3,9-7-18)16-5-4-12-23-16/h4-5,12,15,20H,6-11,13-14H2,1-3H3. The van der Waals surface area contributed by atoms with Gasteiger partial charge in [-0.25, -0.2) is 0 Å². The van der Waals surface area contributed by atoms with E-state index in [0.29, 0.717) is 23.7 Å². The summed E-state index contributed by atoms with van der Waals surface area (Å²) in [7, 11) is 2.10. The molecule has 0 radical (unpaired) electrons. The van der Waals surface area contributed by atoms with Crippen molar-refractivity contribution in [1.82, 2.24) is 10.2 Å². The van der Waals surface area contributed by atoms with Crippen molar-refractivity contribution < 1.29 is 4.79 Å². The highest BCUT2D eigenvalue weighted by Crippen LogP contribution is 2.50. The molecule has 23 heavy (non-hydrogen) atoms.